The summed E-state index contributed by atoms with van der Waals surface area (Å²) < 4.78 is 5.41. The van der Waals surface area contributed by atoms with Crippen molar-refractivity contribution < 1.29 is 14.6 Å². The summed E-state index contributed by atoms with van der Waals surface area (Å²) in [5, 5.41) is 9.75. The summed E-state index contributed by atoms with van der Waals surface area (Å²) in [6.45, 7) is 9.07. The molecule has 0 spiro atoms. The maximum atomic E-state index is 12.0. The average Bonchev–Trinajstić information content (AvgIpc) is 2.37. The van der Waals surface area contributed by atoms with Gasteiger partial charge in [-0.15, -0.1) is 0 Å². The van der Waals surface area contributed by atoms with Crippen molar-refractivity contribution in [3.63, 3.8) is 0 Å². The van der Waals surface area contributed by atoms with Crippen LogP contribution in [0.2, 0.25) is 0 Å². The molecule has 2 rings (SSSR count). The monoisotopic (exact) mass is 284 g/mol. The third-order valence-electron chi connectivity index (χ3n) is 4.06. The van der Waals surface area contributed by atoms with Crippen LogP contribution in [0.3, 0.4) is 0 Å². The van der Waals surface area contributed by atoms with Crippen molar-refractivity contribution in [1.82, 2.24) is 9.80 Å². The molecule has 0 saturated carbocycles. The fourth-order valence-electron chi connectivity index (χ4n) is 3.05. The average molecular weight is 284 g/mol. The summed E-state index contributed by atoms with van der Waals surface area (Å²) in [6, 6.07) is 0.503. The highest BCUT2D eigenvalue weighted by Gasteiger charge is 2.31. The zero-order valence-electron chi connectivity index (χ0n) is 13.0. The van der Waals surface area contributed by atoms with E-state index in [9.17, 15) is 9.90 Å². The quantitative estimate of drug-likeness (QED) is 0.798. The second-order valence-electron chi connectivity index (χ2n) is 6.99. The molecular weight excluding hydrogens is 256 g/mol. The molecule has 0 aliphatic carbocycles. The number of aliphatic hydroxyl groups is 1. The lowest BCUT2D eigenvalue weighted by Gasteiger charge is -2.41. The van der Waals surface area contributed by atoms with E-state index in [1.807, 2.05) is 25.7 Å². The molecule has 1 amide bonds. The van der Waals surface area contributed by atoms with Crippen molar-refractivity contribution >= 4 is 6.09 Å². The number of β-amino-alcohol motifs (C(OH)–C–C–N with tert-alkyl or cyclic N) is 1. The summed E-state index contributed by atoms with van der Waals surface area (Å²) in [7, 11) is 0. The van der Waals surface area contributed by atoms with Crippen LogP contribution in [0.4, 0.5) is 4.79 Å². The molecular formula is C15H28N2O3. The third-order valence-corrected chi connectivity index (χ3v) is 4.06. The van der Waals surface area contributed by atoms with Crippen molar-refractivity contribution in [1.29, 1.82) is 0 Å². The van der Waals surface area contributed by atoms with E-state index in [4.69, 9.17) is 4.74 Å². The van der Waals surface area contributed by atoms with E-state index in [1.54, 1.807) is 0 Å². The smallest absolute Gasteiger partial charge is 0.410 e. The molecule has 1 atom stereocenters. The number of piperidine rings is 2. The fourth-order valence-corrected chi connectivity index (χ4v) is 3.05. The molecule has 0 aromatic carbocycles. The highest BCUT2D eigenvalue weighted by Crippen LogP contribution is 2.22. The summed E-state index contributed by atoms with van der Waals surface area (Å²) in [4.78, 5) is 16.2. The number of carbonyl (C=O) groups excluding carboxylic acids is 1. The van der Waals surface area contributed by atoms with Crippen molar-refractivity contribution in [2.24, 2.45) is 0 Å². The molecule has 0 aromatic heterocycles. The molecule has 5 heteroatoms. The van der Waals surface area contributed by atoms with Crippen LogP contribution < -0.4 is 0 Å². The Labute approximate surface area is 121 Å². The Morgan fingerprint density at radius 1 is 1.15 bits per heavy atom. The first-order valence-corrected chi connectivity index (χ1v) is 7.75. The van der Waals surface area contributed by atoms with Gasteiger partial charge in [-0.2, -0.15) is 0 Å². The summed E-state index contributed by atoms with van der Waals surface area (Å²) in [5.74, 6) is 0. The second kappa shape index (κ2) is 6.31. The Bertz CT molecular complexity index is 333. The molecule has 0 unspecified atom stereocenters. The predicted octanol–water partition coefficient (Wildman–Crippen LogP) is 1.84. The molecule has 0 bridgehead atoms. The van der Waals surface area contributed by atoms with Crippen LogP contribution in [0.1, 0.15) is 46.5 Å². The number of aliphatic hydroxyl groups excluding tert-OH is 1. The SMILES string of the molecule is CC(C)(C)OC(=O)N1CCC(N2CCC[C@@H](O)C2)CC1. The molecule has 0 radical (unpaired) electrons. The Kier molecular flexibility index (Phi) is 4.91. The number of amides is 1. The Morgan fingerprint density at radius 3 is 2.35 bits per heavy atom. The fraction of sp³-hybridized carbons (Fsp3) is 0.933. The summed E-state index contributed by atoms with van der Waals surface area (Å²) >= 11 is 0. The first-order valence-electron chi connectivity index (χ1n) is 7.75. The van der Waals surface area contributed by atoms with Gasteiger partial charge >= 0.3 is 6.09 Å². The first kappa shape index (κ1) is 15.6. The third kappa shape index (κ3) is 4.35. The molecule has 2 heterocycles. The number of rotatable bonds is 1. The maximum absolute atomic E-state index is 12.0. The lowest BCUT2D eigenvalue weighted by atomic mass is 9.99. The molecule has 2 fully saturated rings. The molecule has 2 aliphatic rings. The van der Waals surface area contributed by atoms with Crippen LogP contribution in [0.25, 0.3) is 0 Å². The van der Waals surface area contributed by atoms with E-state index < -0.39 is 5.60 Å². The van der Waals surface area contributed by atoms with Crippen LogP contribution in [-0.2, 0) is 4.74 Å². The van der Waals surface area contributed by atoms with Crippen LogP contribution in [0.15, 0.2) is 0 Å². The van der Waals surface area contributed by atoms with Gasteiger partial charge in [0.1, 0.15) is 5.60 Å². The van der Waals surface area contributed by atoms with Crippen molar-refractivity contribution in [2.75, 3.05) is 26.2 Å². The minimum absolute atomic E-state index is 0.173. The molecule has 116 valence electrons. The lowest BCUT2D eigenvalue weighted by Crippen LogP contribution is -2.51. The zero-order valence-corrected chi connectivity index (χ0v) is 13.0. The van der Waals surface area contributed by atoms with E-state index in [1.165, 1.54) is 0 Å². The zero-order chi connectivity index (χ0) is 14.8. The first-order chi connectivity index (χ1) is 9.35. The lowest BCUT2D eigenvalue weighted by molar-refractivity contribution is 0.00254. The van der Waals surface area contributed by atoms with Gasteiger partial charge < -0.3 is 14.7 Å². The van der Waals surface area contributed by atoms with Gasteiger partial charge in [0.2, 0.25) is 0 Å². The minimum atomic E-state index is -0.426. The van der Waals surface area contributed by atoms with E-state index in [0.717, 1.165) is 51.9 Å². The Hall–Kier alpha value is -0.810. The van der Waals surface area contributed by atoms with Gasteiger partial charge in [-0.05, 0) is 53.0 Å². The summed E-state index contributed by atoms with van der Waals surface area (Å²) in [5.41, 5.74) is -0.426. The molecule has 1 N–H and O–H groups in total. The largest absolute Gasteiger partial charge is 0.444 e. The number of nitrogens with zero attached hydrogens (tertiary/aromatic N) is 2. The van der Waals surface area contributed by atoms with E-state index in [2.05, 4.69) is 4.90 Å². The maximum Gasteiger partial charge on any atom is 0.410 e. The standard InChI is InChI=1S/C15H28N2O3/c1-15(2,3)20-14(19)16-9-6-12(7-10-16)17-8-4-5-13(18)11-17/h12-13,18H,4-11H2,1-3H3/t13-/m1/s1. The van der Waals surface area contributed by atoms with Crippen molar-refractivity contribution in [3.8, 4) is 0 Å². The summed E-state index contributed by atoms with van der Waals surface area (Å²) in [6.07, 6.45) is 3.58. The van der Waals surface area contributed by atoms with E-state index >= 15 is 0 Å². The van der Waals surface area contributed by atoms with Gasteiger partial charge in [0.05, 0.1) is 6.10 Å². The minimum Gasteiger partial charge on any atom is -0.444 e. The number of carbonyl (C=O) groups is 1. The Balaban J connectivity index is 1.78. The van der Waals surface area contributed by atoms with Gasteiger partial charge in [0, 0.05) is 25.7 Å². The van der Waals surface area contributed by atoms with Crippen LogP contribution in [-0.4, -0.2) is 64.9 Å². The van der Waals surface area contributed by atoms with Gasteiger partial charge in [-0.3, -0.25) is 4.90 Å². The highest BCUT2D eigenvalue weighted by atomic mass is 16.6. The van der Waals surface area contributed by atoms with E-state index in [-0.39, 0.29) is 12.2 Å². The normalized spacial score (nSPS) is 26.6. The highest BCUT2D eigenvalue weighted by molar-refractivity contribution is 5.68. The van der Waals surface area contributed by atoms with Crippen LogP contribution >= 0.6 is 0 Å². The predicted molar refractivity (Wildman–Crippen MR) is 77.6 cm³/mol. The number of ether oxygens (including phenoxy) is 1. The van der Waals surface area contributed by atoms with Gasteiger partial charge in [0.15, 0.2) is 0 Å². The van der Waals surface area contributed by atoms with E-state index in [0.29, 0.717) is 6.04 Å². The van der Waals surface area contributed by atoms with Crippen molar-refractivity contribution in [2.45, 2.75) is 64.2 Å². The second-order valence-corrected chi connectivity index (χ2v) is 6.99. The van der Waals surface area contributed by atoms with Crippen LogP contribution in [0, 0.1) is 0 Å². The van der Waals surface area contributed by atoms with Crippen LogP contribution in [0.5, 0.6) is 0 Å². The number of likely N-dealkylation sites (tertiary alicyclic amines) is 2. The molecule has 2 aliphatic heterocycles. The molecule has 20 heavy (non-hydrogen) atoms. The van der Waals surface area contributed by atoms with Gasteiger partial charge in [0.25, 0.3) is 0 Å². The van der Waals surface area contributed by atoms with Gasteiger partial charge in [-0.25, -0.2) is 4.79 Å². The topological polar surface area (TPSA) is 53.0 Å². The molecule has 5 nitrogen and oxygen atoms in total. The number of hydrogen-bond donors (Lipinski definition) is 1. The Morgan fingerprint density at radius 2 is 1.80 bits per heavy atom. The van der Waals surface area contributed by atoms with Gasteiger partial charge in [-0.1, -0.05) is 0 Å². The number of hydrogen-bond acceptors (Lipinski definition) is 4. The van der Waals surface area contributed by atoms with Crippen molar-refractivity contribution in [3.05, 3.63) is 0 Å². The molecule has 2 saturated heterocycles. The molecule has 0 aromatic rings.